The van der Waals surface area contributed by atoms with Gasteiger partial charge in [0.15, 0.2) is 5.75 Å². The topological polar surface area (TPSA) is 61.3 Å². The van der Waals surface area contributed by atoms with Gasteiger partial charge in [-0.2, -0.15) is 0 Å². The molecule has 1 aromatic carbocycles. The summed E-state index contributed by atoms with van der Waals surface area (Å²) in [5, 5.41) is 0. The van der Waals surface area contributed by atoms with Crippen LogP contribution in [0.15, 0.2) is 36.5 Å². The molecule has 0 aliphatic heterocycles. The van der Waals surface area contributed by atoms with Gasteiger partial charge in [0, 0.05) is 5.41 Å². The monoisotopic (exact) mass is 340 g/mol. The van der Waals surface area contributed by atoms with Gasteiger partial charge in [0.1, 0.15) is 5.82 Å². The van der Waals surface area contributed by atoms with Crippen LogP contribution < -0.4 is 4.74 Å². The molecule has 2 atom stereocenters. The summed E-state index contributed by atoms with van der Waals surface area (Å²) < 4.78 is 11.4. The molecular formula is C20H24N2O3. The van der Waals surface area contributed by atoms with Crippen molar-refractivity contribution in [1.82, 2.24) is 9.97 Å². The van der Waals surface area contributed by atoms with Crippen molar-refractivity contribution in [3.8, 4) is 5.75 Å². The zero-order valence-electron chi connectivity index (χ0n) is 15.2. The van der Waals surface area contributed by atoms with Crippen molar-refractivity contribution in [3.05, 3.63) is 53.6 Å². The number of esters is 1. The zero-order chi connectivity index (χ0) is 18.1. The Labute approximate surface area is 148 Å². The molecule has 2 aromatic rings. The van der Waals surface area contributed by atoms with E-state index in [9.17, 15) is 4.79 Å². The molecule has 1 fully saturated rings. The van der Waals surface area contributed by atoms with Gasteiger partial charge in [-0.05, 0) is 39.7 Å². The van der Waals surface area contributed by atoms with E-state index in [1.807, 2.05) is 58.0 Å². The number of nitrogens with zero attached hydrogens (tertiary/aromatic N) is 2. The maximum atomic E-state index is 12.5. The van der Waals surface area contributed by atoms with E-state index in [4.69, 9.17) is 9.47 Å². The third-order valence-electron chi connectivity index (χ3n) is 5.17. The highest BCUT2D eigenvalue weighted by atomic mass is 16.5. The fourth-order valence-corrected chi connectivity index (χ4v) is 3.50. The van der Waals surface area contributed by atoms with Crippen LogP contribution in [-0.4, -0.2) is 29.2 Å². The molecular weight excluding hydrogens is 316 g/mol. The molecule has 3 rings (SSSR count). The average Bonchev–Trinajstić information content (AvgIpc) is 3.23. The second-order valence-electron chi connectivity index (χ2n) is 6.83. The summed E-state index contributed by atoms with van der Waals surface area (Å²) in [5.74, 6) is 1.20. The predicted octanol–water partition coefficient (Wildman–Crippen LogP) is 3.38. The molecule has 0 unspecified atom stereocenters. The number of carbonyl (C=O) groups is 1. The van der Waals surface area contributed by atoms with Crippen molar-refractivity contribution >= 4 is 5.97 Å². The van der Waals surface area contributed by atoms with E-state index in [-0.39, 0.29) is 5.97 Å². The fourth-order valence-electron chi connectivity index (χ4n) is 3.50. The first-order chi connectivity index (χ1) is 11.9. The van der Waals surface area contributed by atoms with E-state index >= 15 is 0 Å². The van der Waals surface area contributed by atoms with Crippen molar-refractivity contribution < 1.29 is 14.3 Å². The van der Waals surface area contributed by atoms with Gasteiger partial charge in [0.25, 0.3) is 0 Å². The Balaban J connectivity index is 1.88. The fraction of sp³-hybridized carbons (Fsp3) is 0.450. The minimum absolute atomic E-state index is 0.167. The maximum absolute atomic E-state index is 12.5. The number of aromatic nitrogens is 2. The zero-order valence-corrected chi connectivity index (χ0v) is 15.2. The van der Waals surface area contributed by atoms with Gasteiger partial charge < -0.3 is 9.47 Å². The summed E-state index contributed by atoms with van der Waals surface area (Å²) in [5.41, 5.74) is 0.923. The Bertz CT molecular complexity index is 778. The largest absolute Gasteiger partial charge is 0.489 e. The molecule has 1 saturated carbocycles. The van der Waals surface area contributed by atoms with Crippen LogP contribution in [0.5, 0.6) is 5.75 Å². The number of hydrogen-bond donors (Lipinski definition) is 0. The molecule has 0 amide bonds. The van der Waals surface area contributed by atoms with E-state index in [0.29, 0.717) is 31.2 Å². The molecule has 1 aliphatic rings. The minimum Gasteiger partial charge on any atom is -0.489 e. The lowest BCUT2D eigenvalue weighted by molar-refractivity contribution is -0.150. The lowest BCUT2D eigenvalue weighted by Crippen LogP contribution is -2.31. The summed E-state index contributed by atoms with van der Waals surface area (Å²) in [6, 6.07) is 10.0. The highest BCUT2D eigenvalue weighted by Gasteiger charge is 2.71. The summed E-state index contributed by atoms with van der Waals surface area (Å²) in [6.45, 7) is 8.30. The molecule has 0 N–H and O–H groups in total. The summed E-state index contributed by atoms with van der Waals surface area (Å²) in [7, 11) is 0. The second-order valence-corrected chi connectivity index (χ2v) is 6.83. The van der Waals surface area contributed by atoms with Crippen LogP contribution in [0, 0.1) is 19.3 Å². The van der Waals surface area contributed by atoms with Crippen LogP contribution in [-0.2, 0) is 14.9 Å². The van der Waals surface area contributed by atoms with Crippen molar-refractivity contribution in [2.24, 2.45) is 5.41 Å². The molecule has 25 heavy (non-hydrogen) atoms. The third-order valence-corrected chi connectivity index (χ3v) is 5.17. The summed E-state index contributed by atoms with van der Waals surface area (Å²) >= 11 is 0. The number of ether oxygens (including phenoxy) is 2. The summed E-state index contributed by atoms with van der Waals surface area (Å²) in [4.78, 5) is 21.1. The Morgan fingerprint density at radius 3 is 2.60 bits per heavy atom. The van der Waals surface area contributed by atoms with E-state index in [1.54, 1.807) is 6.20 Å². The van der Waals surface area contributed by atoms with Gasteiger partial charge in [0.05, 0.1) is 30.5 Å². The normalized spacial score (nSPS) is 24.6. The molecule has 0 saturated heterocycles. The van der Waals surface area contributed by atoms with Crippen molar-refractivity contribution in [1.29, 1.82) is 0 Å². The molecule has 1 aromatic heterocycles. The van der Waals surface area contributed by atoms with Crippen LogP contribution >= 0.6 is 0 Å². The Morgan fingerprint density at radius 1 is 1.24 bits per heavy atom. The summed E-state index contributed by atoms with van der Waals surface area (Å²) in [6.07, 6.45) is 2.40. The van der Waals surface area contributed by atoms with Crippen LogP contribution in [0.1, 0.15) is 37.4 Å². The first-order valence-electron chi connectivity index (χ1n) is 8.59. The average molecular weight is 340 g/mol. The number of benzene rings is 1. The molecule has 5 nitrogen and oxygen atoms in total. The molecule has 0 radical (unpaired) electrons. The van der Waals surface area contributed by atoms with Crippen LogP contribution in [0.25, 0.3) is 0 Å². The molecule has 1 heterocycles. The van der Waals surface area contributed by atoms with Crippen molar-refractivity contribution in [2.75, 3.05) is 13.2 Å². The van der Waals surface area contributed by atoms with Gasteiger partial charge in [0.2, 0.25) is 0 Å². The number of aryl methyl sites for hydroxylation is 2. The highest BCUT2D eigenvalue weighted by molar-refractivity contribution is 5.84. The Morgan fingerprint density at radius 2 is 1.96 bits per heavy atom. The van der Waals surface area contributed by atoms with E-state index in [2.05, 4.69) is 9.97 Å². The molecule has 1 aliphatic carbocycles. The van der Waals surface area contributed by atoms with Gasteiger partial charge in [-0.1, -0.05) is 30.3 Å². The molecule has 0 bridgehead atoms. The lowest BCUT2D eigenvalue weighted by Gasteiger charge is -2.23. The number of hydrogen-bond acceptors (Lipinski definition) is 5. The smallest absolute Gasteiger partial charge is 0.312 e. The first kappa shape index (κ1) is 17.4. The molecule has 5 heteroatoms. The predicted molar refractivity (Wildman–Crippen MR) is 94.5 cm³/mol. The molecule has 132 valence electrons. The quantitative estimate of drug-likeness (QED) is 0.755. The van der Waals surface area contributed by atoms with Gasteiger partial charge in [-0.15, -0.1) is 0 Å². The standard InChI is InChI=1S/C20H24N2O3/c1-5-24-18(23)19(4)12-20(19,16-9-7-6-8-10-16)13-25-17-11-21-15(3)22-14(17)2/h6-11H,5,12-13H2,1-4H3/t19-,20+/m0/s1. The van der Waals surface area contributed by atoms with E-state index < -0.39 is 10.8 Å². The van der Waals surface area contributed by atoms with Gasteiger partial charge in [-0.25, -0.2) is 9.97 Å². The van der Waals surface area contributed by atoms with E-state index in [1.165, 1.54) is 0 Å². The van der Waals surface area contributed by atoms with E-state index in [0.717, 1.165) is 11.3 Å². The van der Waals surface area contributed by atoms with Crippen LogP contribution in [0.3, 0.4) is 0 Å². The third kappa shape index (κ3) is 2.99. The Kier molecular flexibility index (Phi) is 4.50. The van der Waals surface area contributed by atoms with Crippen LogP contribution in [0.4, 0.5) is 0 Å². The SMILES string of the molecule is CCOC(=O)[C@]1(C)C[C@@]1(COc1cnc(C)nc1C)c1ccccc1. The number of rotatable bonds is 6. The second kappa shape index (κ2) is 6.47. The van der Waals surface area contributed by atoms with Crippen molar-refractivity contribution in [3.63, 3.8) is 0 Å². The molecule has 0 spiro atoms. The Hall–Kier alpha value is -2.43. The van der Waals surface area contributed by atoms with Gasteiger partial charge in [-0.3, -0.25) is 4.79 Å². The number of carbonyl (C=O) groups excluding carboxylic acids is 1. The first-order valence-corrected chi connectivity index (χ1v) is 8.59. The lowest BCUT2D eigenvalue weighted by atomic mass is 9.87. The maximum Gasteiger partial charge on any atom is 0.312 e. The van der Waals surface area contributed by atoms with Crippen LogP contribution in [0.2, 0.25) is 0 Å². The minimum atomic E-state index is -0.580. The van der Waals surface area contributed by atoms with Crippen molar-refractivity contribution in [2.45, 2.75) is 39.5 Å². The van der Waals surface area contributed by atoms with Gasteiger partial charge >= 0.3 is 5.97 Å². The highest BCUT2D eigenvalue weighted by Crippen LogP contribution is 2.65.